The van der Waals surface area contributed by atoms with E-state index in [1.807, 2.05) is 31.2 Å². The molecule has 1 aliphatic heterocycles. The first-order valence-corrected chi connectivity index (χ1v) is 5.18. The number of rotatable bonds is 3. The fourth-order valence-electron chi connectivity index (χ4n) is 1.51. The molecule has 0 saturated heterocycles. The highest BCUT2D eigenvalue weighted by Gasteiger charge is 2.27. The molecule has 0 bridgehead atoms. The fraction of sp³-hybridized carbons (Fsp3) is 0.333. The fourth-order valence-corrected chi connectivity index (χ4v) is 1.51. The minimum absolute atomic E-state index is 0.201. The Morgan fingerprint density at radius 2 is 2.06 bits per heavy atom. The Morgan fingerprint density at radius 3 is 2.56 bits per heavy atom. The van der Waals surface area contributed by atoms with E-state index < -0.39 is 6.10 Å². The summed E-state index contributed by atoms with van der Waals surface area (Å²) in [7, 11) is 1.61. The summed E-state index contributed by atoms with van der Waals surface area (Å²) in [5, 5.41) is 0. The molecule has 0 N–H and O–H groups in total. The monoisotopic (exact) mass is 219 g/mol. The zero-order valence-electron chi connectivity index (χ0n) is 9.27. The molecule has 0 radical (unpaired) electrons. The molecule has 0 saturated carbocycles. The Balaban J connectivity index is 2.19. The van der Waals surface area contributed by atoms with Crippen molar-refractivity contribution < 1.29 is 14.3 Å². The number of nitrogens with zero attached hydrogens (tertiary/aromatic N) is 1. The van der Waals surface area contributed by atoms with Crippen molar-refractivity contribution in [1.29, 1.82) is 0 Å². The second-order valence-electron chi connectivity index (χ2n) is 3.50. The largest absolute Gasteiger partial charge is 0.497 e. The van der Waals surface area contributed by atoms with E-state index >= 15 is 0 Å². The lowest BCUT2D eigenvalue weighted by molar-refractivity contribution is -0.122. The maximum atomic E-state index is 11.4. The molecule has 1 aromatic rings. The number of benzene rings is 1. The second-order valence-corrected chi connectivity index (χ2v) is 3.50. The molecule has 0 spiro atoms. The second kappa shape index (κ2) is 4.35. The summed E-state index contributed by atoms with van der Waals surface area (Å²) in [6, 6.07) is 7.27. The van der Waals surface area contributed by atoms with Gasteiger partial charge >= 0.3 is 0 Å². The van der Waals surface area contributed by atoms with E-state index in [1.165, 1.54) is 0 Å². The van der Waals surface area contributed by atoms with Gasteiger partial charge in [0.2, 0.25) is 5.90 Å². The molecule has 1 atom stereocenters. The number of hydrogen-bond acceptors (Lipinski definition) is 3. The zero-order valence-corrected chi connectivity index (χ0v) is 9.27. The predicted octanol–water partition coefficient (Wildman–Crippen LogP) is 1.78. The van der Waals surface area contributed by atoms with Crippen LogP contribution in [-0.2, 0) is 9.53 Å². The SMILES string of the molecule is CCC1OC(c2ccc(OC)cc2)=NC1=O. The lowest BCUT2D eigenvalue weighted by Gasteiger charge is -2.07. The Kier molecular flexibility index (Phi) is 2.90. The molecule has 1 unspecified atom stereocenters. The maximum absolute atomic E-state index is 11.4. The van der Waals surface area contributed by atoms with E-state index in [-0.39, 0.29) is 5.91 Å². The first kappa shape index (κ1) is 10.7. The van der Waals surface area contributed by atoms with Crippen molar-refractivity contribution >= 4 is 11.8 Å². The summed E-state index contributed by atoms with van der Waals surface area (Å²) in [6.07, 6.45) is 0.222. The van der Waals surface area contributed by atoms with Crippen LogP contribution in [0.1, 0.15) is 18.9 Å². The van der Waals surface area contributed by atoms with E-state index in [4.69, 9.17) is 9.47 Å². The average molecular weight is 219 g/mol. The van der Waals surface area contributed by atoms with Gasteiger partial charge in [-0.3, -0.25) is 4.79 Å². The summed E-state index contributed by atoms with van der Waals surface area (Å²) in [5.74, 6) is 0.966. The number of amides is 1. The van der Waals surface area contributed by atoms with Crippen molar-refractivity contribution in [2.24, 2.45) is 4.99 Å². The molecule has 16 heavy (non-hydrogen) atoms. The van der Waals surface area contributed by atoms with Crippen LogP contribution in [0.15, 0.2) is 29.3 Å². The van der Waals surface area contributed by atoms with Crippen molar-refractivity contribution in [3.05, 3.63) is 29.8 Å². The first-order chi connectivity index (χ1) is 7.74. The highest BCUT2D eigenvalue weighted by Crippen LogP contribution is 2.18. The van der Waals surface area contributed by atoms with E-state index in [0.29, 0.717) is 12.3 Å². The summed E-state index contributed by atoms with van der Waals surface area (Å²) < 4.78 is 10.5. The molecule has 2 rings (SSSR count). The Labute approximate surface area is 93.9 Å². The van der Waals surface area contributed by atoms with Gasteiger partial charge in [-0.05, 0) is 30.7 Å². The maximum Gasteiger partial charge on any atom is 0.290 e. The number of carbonyl (C=O) groups is 1. The number of methoxy groups -OCH3 is 1. The summed E-state index contributed by atoms with van der Waals surface area (Å²) in [5.41, 5.74) is 0.796. The summed E-state index contributed by atoms with van der Waals surface area (Å²) in [4.78, 5) is 15.3. The van der Waals surface area contributed by atoms with Crippen molar-refractivity contribution in [1.82, 2.24) is 0 Å². The highest BCUT2D eigenvalue weighted by molar-refractivity contribution is 6.07. The molecule has 1 aliphatic rings. The number of ether oxygens (including phenoxy) is 2. The van der Waals surface area contributed by atoms with Crippen molar-refractivity contribution in [3.63, 3.8) is 0 Å². The molecule has 1 amide bonds. The normalized spacial score (nSPS) is 19.2. The zero-order chi connectivity index (χ0) is 11.5. The van der Waals surface area contributed by atoms with Crippen LogP contribution in [0.3, 0.4) is 0 Å². The van der Waals surface area contributed by atoms with Crippen LogP contribution in [-0.4, -0.2) is 25.0 Å². The van der Waals surface area contributed by atoms with Gasteiger partial charge in [0.25, 0.3) is 5.91 Å². The van der Waals surface area contributed by atoms with Crippen LogP contribution in [0.25, 0.3) is 0 Å². The van der Waals surface area contributed by atoms with Crippen LogP contribution in [0.5, 0.6) is 5.75 Å². The lowest BCUT2D eigenvalue weighted by atomic mass is 10.2. The summed E-state index contributed by atoms with van der Waals surface area (Å²) >= 11 is 0. The molecule has 0 aliphatic carbocycles. The molecule has 0 aromatic heterocycles. The molecule has 4 heteroatoms. The van der Waals surface area contributed by atoms with Gasteiger partial charge in [-0.2, -0.15) is 4.99 Å². The molecule has 1 aromatic carbocycles. The van der Waals surface area contributed by atoms with E-state index in [2.05, 4.69) is 4.99 Å². The van der Waals surface area contributed by atoms with Crippen LogP contribution in [0.4, 0.5) is 0 Å². The molecular formula is C12H13NO3. The standard InChI is InChI=1S/C12H13NO3/c1-3-10-11(14)13-12(16-10)8-4-6-9(15-2)7-5-8/h4-7,10H,3H2,1-2H3. The third-order valence-corrected chi connectivity index (χ3v) is 2.45. The van der Waals surface area contributed by atoms with E-state index in [0.717, 1.165) is 11.3 Å². The third kappa shape index (κ3) is 1.91. The molecular weight excluding hydrogens is 206 g/mol. The van der Waals surface area contributed by atoms with Crippen molar-refractivity contribution in [2.75, 3.05) is 7.11 Å². The van der Waals surface area contributed by atoms with Gasteiger partial charge in [0, 0.05) is 5.56 Å². The van der Waals surface area contributed by atoms with Gasteiger partial charge in [-0.15, -0.1) is 0 Å². The molecule has 84 valence electrons. The molecule has 0 fully saturated rings. The number of carbonyl (C=O) groups excluding carboxylic acids is 1. The smallest absolute Gasteiger partial charge is 0.290 e. The Bertz CT molecular complexity index is 422. The topological polar surface area (TPSA) is 47.9 Å². The molecule has 4 nitrogen and oxygen atoms in total. The summed E-state index contributed by atoms with van der Waals surface area (Å²) in [6.45, 7) is 1.90. The first-order valence-electron chi connectivity index (χ1n) is 5.18. The Morgan fingerprint density at radius 1 is 1.38 bits per heavy atom. The molecule has 1 heterocycles. The van der Waals surface area contributed by atoms with Crippen LogP contribution in [0.2, 0.25) is 0 Å². The van der Waals surface area contributed by atoms with Gasteiger partial charge in [0.15, 0.2) is 6.10 Å². The minimum atomic E-state index is -0.419. The third-order valence-electron chi connectivity index (χ3n) is 2.45. The number of hydrogen-bond donors (Lipinski definition) is 0. The van der Waals surface area contributed by atoms with E-state index in [1.54, 1.807) is 7.11 Å². The highest BCUT2D eigenvalue weighted by atomic mass is 16.5. The van der Waals surface area contributed by atoms with Gasteiger partial charge < -0.3 is 9.47 Å². The van der Waals surface area contributed by atoms with Gasteiger partial charge in [0.1, 0.15) is 5.75 Å². The van der Waals surface area contributed by atoms with Crippen LogP contribution >= 0.6 is 0 Å². The van der Waals surface area contributed by atoms with Crippen molar-refractivity contribution in [2.45, 2.75) is 19.4 Å². The van der Waals surface area contributed by atoms with E-state index in [9.17, 15) is 4.79 Å². The average Bonchev–Trinajstić information content (AvgIpc) is 2.71. The predicted molar refractivity (Wildman–Crippen MR) is 59.7 cm³/mol. The van der Waals surface area contributed by atoms with Crippen LogP contribution < -0.4 is 4.74 Å². The quantitative estimate of drug-likeness (QED) is 0.778. The van der Waals surface area contributed by atoms with Gasteiger partial charge in [-0.1, -0.05) is 6.92 Å². The Hall–Kier alpha value is -1.84. The lowest BCUT2D eigenvalue weighted by Crippen LogP contribution is -2.16. The van der Waals surface area contributed by atoms with Gasteiger partial charge in [0.05, 0.1) is 7.11 Å². The van der Waals surface area contributed by atoms with Crippen molar-refractivity contribution in [3.8, 4) is 5.75 Å². The van der Waals surface area contributed by atoms with Gasteiger partial charge in [-0.25, -0.2) is 0 Å². The number of aliphatic imine (C=N–C) groups is 1. The minimum Gasteiger partial charge on any atom is -0.497 e. The van der Waals surface area contributed by atoms with Crippen LogP contribution in [0, 0.1) is 0 Å².